The fraction of sp³-hybridized carbons (Fsp3) is 0.833. The molecule has 0 spiro atoms. The van der Waals surface area contributed by atoms with Crippen LogP contribution in [0.5, 0.6) is 0 Å². The molecule has 2 N–H and O–H groups in total. The number of hydrogen-bond acceptors (Lipinski definition) is 4. The second-order valence-electron chi connectivity index (χ2n) is 4.87. The molecule has 0 aromatic heterocycles. The summed E-state index contributed by atoms with van der Waals surface area (Å²) in [6.07, 6.45) is 2.37. The molecule has 1 unspecified atom stereocenters. The van der Waals surface area contributed by atoms with E-state index in [1.807, 2.05) is 0 Å². The fourth-order valence-electron chi connectivity index (χ4n) is 2.07. The zero-order valence-corrected chi connectivity index (χ0v) is 12.0. The Balaban J connectivity index is 0.00000180. The summed E-state index contributed by atoms with van der Waals surface area (Å²) in [6, 6.07) is -0.0323. The third-order valence-electron chi connectivity index (χ3n) is 3.28. The minimum Gasteiger partial charge on any atom is -0.383 e. The van der Waals surface area contributed by atoms with Crippen LogP contribution < -0.4 is 10.6 Å². The van der Waals surface area contributed by atoms with Gasteiger partial charge in [-0.25, -0.2) is 0 Å². The molecular formula is C12H22ClN3O3. The molecule has 0 aromatic carbocycles. The third kappa shape index (κ3) is 4.97. The van der Waals surface area contributed by atoms with E-state index in [1.54, 1.807) is 12.0 Å². The van der Waals surface area contributed by atoms with Crippen molar-refractivity contribution in [2.24, 2.45) is 0 Å². The number of nitrogens with zero attached hydrogens (tertiary/aromatic N) is 1. The number of ether oxygens (including phenoxy) is 1. The molecule has 1 aliphatic carbocycles. The van der Waals surface area contributed by atoms with Crippen LogP contribution >= 0.6 is 12.4 Å². The molecule has 1 heterocycles. The average Bonchev–Trinajstić information content (AvgIpc) is 3.14. The van der Waals surface area contributed by atoms with E-state index in [4.69, 9.17) is 4.74 Å². The first-order valence-corrected chi connectivity index (χ1v) is 6.51. The van der Waals surface area contributed by atoms with Gasteiger partial charge in [-0.2, -0.15) is 0 Å². The Morgan fingerprint density at radius 3 is 2.89 bits per heavy atom. The Labute approximate surface area is 119 Å². The van der Waals surface area contributed by atoms with Gasteiger partial charge >= 0.3 is 0 Å². The molecule has 0 aromatic rings. The smallest absolute Gasteiger partial charge is 0.240 e. The lowest BCUT2D eigenvalue weighted by Crippen LogP contribution is -2.56. The highest BCUT2D eigenvalue weighted by atomic mass is 35.5. The van der Waals surface area contributed by atoms with Crippen molar-refractivity contribution in [2.75, 3.05) is 33.4 Å². The molecule has 0 bridgehead atoms. The predicted molar refractivity (Wildman–Crippen MR) is 73.3 cm³/mol. The molecule has 1 aliphatic heterocycles. The highest BCUT2D eigenvalue weighted by Gasteiger charge is 2.31. The second-order valence-corrected chi connectivity index (χ2v) is 4.87. The zero-order chi connectivity index (χ0) is 13.0. The Hall–Kier alpha value is -0.850. The predicted octanol–water partition coefficient (Wildman–Crippen LogP) is -0.476. The van der Waals surface area contributed by atoms with Gasteiger partial charge in [-0.3, -0.25) is 9.59 Å². The van der Waals surface area contributed by atoms with Crippen molar-refractivity contribution in [3.05, 3.63) is 0 Å². The lowest BCUT2D eigenvalue weighted by Gasteiger charge is -2.32. The molecule has 2 aliphatic rings. The van der Waals surface area contributed by atoms with Gasteiger partial charge in [-0.05, 0) is 12.8 Å². The van der Waals surface area contributed by atoms with Crippen molar-refractivity contribution in [2.45, 2.75) is 31.3 Å². The zero-order valence-electron chi connectivity index (χ0n) is 11.2. The number of halogens is 1. The molecule has 6 nitrogen and oxygen atoms in total. The Kier molecular flexibility index (Phi) is 6.54. The van der Waals surface area contributed by atoms with Gasteiger partial charge in [0.25, 0.3) is 0 Å². The number of carbonyl (C=O) groups is 2. The molecule has 1 saturated carbocycles. The van der Waals surface area contributed by atoms with Gasteiger partial charge in [0.2, 0.25) is 11.8 Å². The van der Waals surface area contributed by atoms with E-state index in [0.717, 1.165) is 19.4 Å². The van der Waals surface area contributed by atoms with Crippen LogP contribution in [-0.4, -0.2) is 62.1 Å². The van der Waals surface area contributed by atoms with Crippen molar-refractivity contribution < 1.29 is 14.3 Å². The lowest BCUT2D eigenvalue weighted by molar-refractivity contribution is -0.138. The van der Waals surface area contributed by atoms with E-state index in [2.05, 4.69) is 10.6 Å². The molecule has 2 fully saturated rings. The van der Waals surface area contributed by atoms with E-state index in [0.29, 0.717) is 25.7 Å². The van der Waals surface area contributed by atoms with Crippen LogP contribution in [0.2, 0.25) is 0 Å². The summed E-state index contributed by atoms with van der Waals surface area (Å²) in [4.78, 5) is 25.5. The van der Waals surface area contributed by atoms with Crippen molar-refractivity contribution in [1.82, 2.24) is 15.5 Å². The number of nitrogens with one attached hydrogen (secondary N) is 2. The van der Waals surface area contributed by atoms with Crippen LogP contribution in [0.15, 0.2) is 0 Å². The minimum atomic E-state index is -0.380. The SMILES string of the molecule is COCCN1CCNC(CC(=O)NC2CC2)C1=O.Cl. The van der Waals surface area contributed by atoms with Crippen molar-refractivity contribution in [1.29, 1.82) is 0 Å². The molecule has 0 radical (unpaired) electrons. The molecule has 2 amide bonds. The molecule has 2 rings (SSSR count). The van der Waals surface area contributed by atoms with E-state index < -0.39 is 0 Å². The quantitative estimate of drug-likeness (QED) is 0.694. The number of piperazine rings is 1. The van der Waals surface area contributed by atoms with Crippen LogP contribution in [0, 0.1) is 0 Å². The van der Waals surface area contributed by atoms with Crippen LogP contribution in [-0.2, 0) is 14.3 Å². The van der Waals surface area contributed by atoms with Crippen LogP contribution in [0.25, 0.3) is 0 Å². The van der Waals surface area contributed by atoms with Crippen LogP contribution in [0.1, 0.15) is 19.3 Å². The molecule has 19 heavy (non-hydrogen) atoms. The van der Waals surface area contributed by atoms with Gasteiger partial charge < -0.3 is 20.3 Å². The van der Waals surface area contributed by atoms with Crippen LogP contribution in [0.3, 0.4) is 0 Å². The number of methoxy groups -OCH3 is 1. The normalized spacial score (nSPS) is 22.9. The van der Waals surface area contributed by atoms with Crippen LogP contribution in [0.4, 0.5) is 0 Å². The first kappa shape index (κ1) is 16.2. The summed E-state index contributed by atoms with van der Waals surface area (Å²) in [5.41, 5.74) is 0. The fourth-order valence-corrected chi connectivity index (χ4v) is 2.07. The summed E-state index contributed by atoms with van der Waals surface area (Å²) >= 11 is 0. The van der Waals surface area contributed by atoms with Crippen molar-refractivity contribution >= 4 is 24.2 Å². The monoisotopic (exact) mass is 291 g/mol. The summed E-state index contributed by atoms with van der Waals surface area (Å²) in [7, 11) is 1.62. The van der Waals surface area contributed by atoms with E-state index in [1.165, 1.54) is 0 Å². The van der Waals surface area contributed by atoms with Gasteiger partial charge in [0.05, 0.1) is 19.1 Å². The van der Waals surface area contributed by atoms with Gasteiger partial charge in [0.1, 0.15) is 0 Å². The Morgan fingerprint density at radius 2 is 2.26 bits per heavy atom. The molecule has 110 valence electrons. The van der Waals surface area contributed by atoms with E-state index in [-0.39, 0.29) is 36.7 Å². The number of rotatable bonds is 6. The first-order chi connectivity index (χ1) is 8.70. The highest BCUT2D eigenvalue weighted by molar-refractivity contribution is 5.89. The number of hydrogen-bond donors (Lipinski definition) is 2. The van der Waals surface area contributed by atoms with Gasteiger partial charge in [0, 0.05) is 32.8 Å². The maximum atomic E-state index is 12.1. The van der Waals surface area contributed by atoms with Gasteiger partial charge in [-0.15, -0.1) is 12.4 Å². The highest BCUT2D eigenvalue weighted by Crippen LogP contribution is 2.19. The summed E-state index contributed by atoms with van der Waals surface area (Å²) in [6.45, 7) is 2.55. The number of amides is 2. The Bertz CT molecular complexity index is 323. The van der Waals surface area contributed by atoms with Crippen molar-refractivity contribution in [3.8, 4) is 0 Å². The maximum absolute atomic E-state index is 12.1. The van der Waals surface area contributed by atoms with E-state index in [9.17, 15) is 9.59 Å². The second kappa shape index (κ2) is 7.67. The molecule has 7 heteroatoms. The molecule has 1 atom stereocenters. The summed E-state index contributed by atoms with van der Waals surface area (Å²) < 4.78 is 4.98. The average molecular weight is 292 g/mol. The minimum absolute atomic E-state index is 0. The topological polar surface area (TPSA) is 70.7 Å². The third-order valence-corrected chi connectivity index (χ3v) is 3.28. The van der Waals surface area contributed by atoms with Gasteiger partial charge in [-0.1, -0.05) is 0 Å². The number of carbonyl (C=O) groups excluding carboxylic acids is 2. The van der Waals surface area contributed by atoms with Gasteiger partial charge in [0.15, 0.2) is 0 Å². The van der Waals surface area contributed by atoms with Crippen molar-refractivity contribution in [3.63, 3.8) is 0 Å². The molecule has 1 saturated heterocycles. The lowest BCUT2D eigenvalue weighted by atomic mass is 10.1. The standard InChI is InChI=1S/C12H21N3O3.ClH/c1-18-7-6-15-5-4-13-10(12(15)17)8-11(16)14-9-2-3-9;/h9-10,13H,2-8H2,1H3,(H,14,16);1H. The summed E-state index contributed by atoms with van der Waals surface area (Å²) in [5.74, 6) is -0.0267. The largest absolute Gasteiger partial charge is 0.383 e. The summed E-state index contributed by atoms with van der Waals surface area (Å²) in [5, 5.41) is 6.01. The van der Waals surface area contributed by atoms with E-state index >= 15 is 0 Å². The Morgan fingerprint density at radius 1 is 1.53 bits per heavy atom. The maximum Gasteiger partial charge on any atom is 0.240 e. The molecular weight excluding hydrogens is 270 g/mol. The first-order valence-electron chi connectivity index (χ1n) is 6.51.